The number of rotatable bonds is 3. The number of halogens is 1. The van der Waals surface area contributed by atoms with E-state index in [9.17, 15) is 4.79 Å². The van der Waals surface area contributed by atoms with Gasteiger partial charge in [0.05, 0.1) is 5.69 Å². The lowest BCUT2D eigenvalue weighted by molar-refractivity contribution is 0.101. The number of carbonyl (C=O) groups is 1. The van der Waals surface area contributed by atoms with Crippen LogP contribution in [0.1, 0.15) is 21.7 Å². The second-order valence-corrected chi connectivity index (χ2v) is 8.09. The van der Waals surface area contributed by atoms with Gasteiger partial charge in [0.1, 0.15) is 17.9 Å². The molecule has 0 unspecified atom stereocenters. The Kier molecular flexibility index (Phi) is 4.33. The zero-order chi connectivity index (χ0) is 21.7. The van der Waals surface area contributed by atoms with Crippen LogP contribution in [-0.4, -0.2) is 10.8 Å². The van der Waals surface area contributed by atoms with Crippen LogP contribution in [-0.2, 0) is 6.61 Å². The summed E-state index contributed by atoms with van der Waals surface area (Å²) in [6.45, 7) is 0.408. The Balaban J connectivity index is 1.57. The molecule has 0 amide bonds. The molecule has 0 N–H and O–H groups in total. The van der Waals surface area contributed by atoms with Gasteiger partial charge in [-0.3, -0.25) is 9.78 Å². The summed E-state index contributed by atoms with van der Waals surface area (Å²) >= 11 is 6.29. The highest BCUT2D eigenvalue weighted by atomic mass is 35.5. The summed E-state index contributed by atoms with van der Waals surface area (Å²) in [5.74, 6) is 0.903. The topological polar surface area (TPSA) is 52.3 Å². The van der Waals surface area contributed by atoms with Crippen LogP contribution in [0, 0.1) is 0 Å². The van der Waals surface area contributed by atoms with E-state index in [0.717, 1.165) is 33.5 Å². The summed E-state index contributed by atoms with van der Waals surface area (Å²) in [6, 6.07) is 24.3. The molecule has 1 aliphatic rings. The molecule has 0 saturated carbocycles. The van der Waals surface area contributed by atoms with Crippen LogP contribution >= 0.6 is 11.6 Å². The van der Waals surface area contributed by atoms with Gasteiger partial charge in [0.25, 0.3) is 0 Å². The number of hydrogen-bond donors (Lipinski definition) is 0. The van der Waals surface area contributed by atoms with Crippen LogP contribution in [0.5, 0.6) is 5.75 Å². The number of ether oxygens (including phenoxy) is 1. The van der Waals surface area contributed by atoms with Crippen LogP contribution < -0.4 is 4.74 Å². The summed E-state index contributed by atoms with van der Waals surface area (Å²) in [7, 11) is 0. The van der Waals surface area contributed by atoms with E-state index in [1.807, 2.05) is 54.6 Å². The molecule has 5 heteroatoms. The number of fused-ring (bicyclic) bond motifs is 4. The summed E-state index contributed by atoms with van der Waals surface area (Å²) in [5, 5.41) is 1.34. The Morgan fingerprint density at radius 3 is 2.62 bits per heavy atom. The summed E-state index contributed by atoms with van der Waals surface area (Å²) < 4.78 is 12.0. The first-order valence-electron chi connectivity index (χ1n) is 10.2. The maximum Gasteiger partial charge on any atom is 0.228 e. The van der Waals surface area contributed by atoms with Crippen molar-refractivity contribution in [3.8, 4) is 28.1 Å². The van der Waals surface area contributed by atoms with Crippen LogP contribution in [0.2, 0.25) is 5.02 Å². The lowest BCUT2D eigenvalue weighted by Gasteiger charge is -2.20. The number of carbonyl (C=O) groups excluding carboxylic acids is 1. The highest BCUT2D eigenvalue weighted by Gasteiger charge is 2.25. The van der Waals surface area contributed by atoms with E-state index in [1.54, 1.807) is 30.5 Å². The lowest BCUT2D eigenvalue weighted by atomic mass is 9.95. The van der Waals surface area contributed by atoms with Crippen molar-refractivity contribution in [2.45, 2.75) is 6.61 Å². The average Bonchev–Trinajstić information content (AvgIpc) is 3.22. The van der Waals surface area contributed by atoms with E-state index in [1.165, 1.54) is 0 Å². The highest BCUT2D eigenvalue weighted by molar-refractivity contribution is 6.31. The average molecular weight is 438 g/mol. The molecular weight excluding hydrogens is 422 g/mol. The number of pyridine rings is 1. The molecule has 0 atom stereocenters. The van der Waals surface area contributed by atoms with Crippen molar-refractivity contribution in [3.05, 3.63) is 107 Å². The molecule has 0 spiro atoms. The first-order chi connectivity index (χ1) is 15.7. The molecule has 2 aromatic heterocycles. The monoisotopic (exact) mass is 437 g/mol. The number of aromatic nitrogens is 1. The van der Waals surface area contributed by atoms with E-state index in [2.05, 4.69) is 0 Å². The van der Waals surface area contributed by atoms with Crippen molar-refractivity contribution in [1.29, 1.82) is 0 Å². The van der Waals surface area contributed by atoms with E-state index in [0.29, 0.717) is 28.3 Å². The van der Waals surface area contributed by atoms with Crippen LogP contribution in [0.4, 0.5) is 0 Å². The number of hydrogen-bond acceptors (Lipinski definition) is 4. The largest absolute Gasteiger partial charge is 0.488 e. The molecular formula is C27H16ClNO3. The first-order valence-corrected chi connectivity index (χ1v) is 10.6. The standard InChI is InChI=1S/C27H16ClNO3/c28-19-10-11-23-21(13-19)24(27(32-23)26(30)16-6-2-1-3-7-16)17-12-18-15-31-22-9-5-4-8-20(22)25(18)29-14-17/h1-14H,15H2. The minimum absolute atomic E-state index is 0.188. The highest BCUT2D eigenvalue weighted by Crippen LogP contribution is 2.41. The van der Waals surface area contributed by atoms with E-state index < -0.39 is 0 Å². The van der Waals surface area contributed by atoms with Gasteiger partial charge in [-0.05, 0) is 36.4 Å². The molecule has 4 nitrogen and oxygen atoms in total. The number of nitrogens with zero attached hydrogens (tertiary/aromatic N) is 1. The molecule has 0 saturated heterocycles. The number of furan rings is 1. The quantitative estimate of drug-likeness (QED) is 0.287. The molecule has 0 aliphatic carbocycles. The first kappa shape index (κ1) is 18.8. The van der Waals surface area contributed by atoms with E-state index in [-0.39, 0.29) is 11.5 Å². The van der Waals surface area contributed by atoms with Crippen molar-refractivity contribution in [1.82, 2.24) is 4.98 Å². The van der Waals surface area contributed by atoms with Crippen molar-refractivity contribution < 1.29 is 13.9 Å². The van der Waals surface area contributed by atoms with Crippen LogP contribution in [0.15, 0.2) is 89.5 Å². The summed E-state index contributed by atoms with van der Waals surface area (Å²) in [6.07, 6.45) is 1.79. The van der Waals surface area contributed by atoms with Crippen molar-refractivity contribution in [2.24, 2.45) is 0 Å². The second-order valence-electron chi connectivity index (χ2n) is 7.66. The predicted octanol–water partition coefficient (Wildman–Crippen LogP) is 6.94. The van der Waals surface area contributed by atoms with Crippen molar-refractivity contribution >= 4 is 28.4 Å². The van der Waals surface area contributed by atoms with Crippen molar-refractivity contribution in [3.63, 3.8) is 0 Å². The molecule has 5 aromatic rings. The minimum Gasteiger partial charge on any atom is -0.488 e. The molecule has 154 valence electrons. The Morgan fingerprint density at radius 1 is 0.938 bits per heavy atom. The minimum atomic E-state index is -0.188. The number of para-hydroxylation sites is 1. The van der Waals surface area contributed by atoms with Crippen LogP contribution in [0.3, 0.4) is 0 Å². The predicted molar refractivity (Wildman–Crippen MR) is 124 cm³/mol. The molecule has 3 heterocycles. The Morgan fingerprint density at radius 2 is 1.75 bits per heavy atom. The van der Waals surface area contributed by atoms with Gasteiger partial charge in [0.2, 0.25) is 5.78 Å². The third-order valence-corrected chi connectivity index (χ3v) is 5.91. The molecule has 32 heavy (non-hydrogen) atoms. The van der Waals surface area contributed by atoms with Gasteiger partial charge in [-0.15, -0.1) is 0 Å². The molecule has 0 bridgehead atoms. The van der Waals surface area contributed by atoms with Gasteiger partial charge in [-0.1, -0.05) is 54.1 Å². The maximum atomic E-state index is 13.4. The second kappa shape index (κ2) is 7.36. The third kappa shape index (κ3) is 3.00. The lowest BCUT2D eigenvalue weighted by Crippen LogP contribution is -2.07. The Bertz CT molecular complexity index is 1500. The summed E-state index contributed by atoms with van der Waals surface area (Å²) in [5.41, 5.74) is 5.43. The Hall–Kier alpha value is -3.89. The Labute approximate surface area is 189 Å². The SMILES string of the molecule is O=C(c1ccccc1)c1oc2ccc(Cl)cc2c1-c1cnc2c(c1)COc1ccccc1-2. The van der Waals surface area contributed by atoms with E-state index >= 15 is 0 Å². The van der Waals surface area contributed by atoms with Crippen molar-refractivity contribution in [2.75, 3.05) is 0 Å². The summed E-state index contributed by atoms with van der Waals surface area (Å²) in [4.78, 5) is 18.1. The molecule has 0 fully saturated rings. The third-order valence-electron chi connectivity index (χ3n) is 5.67. The van der Waals surface area contributed by atoms with Gasteiger partial charge in [0, 0.05) is 44.4 Å². The maximum absolute atomic E-state index is 13.4. The number of ketones is 1. The van der Waals surface area contributed by atoms with Gasteiger partial charge < -0.3 is 9.15 Å². The fourth-order valence-corrected chi connectivity index (χ4v) is 4.35. The zero-order valence-electron chi connectivity index (χ0n) is 16.8. The molecule has 1 aliphatic heterocycles. The van der Waals surface area contributed by atoms with Gasteiger partial charge in [-0.2, -0.15) is 0 Å². The van der Waals surface area contributed by atoms with Gasteiger partial charge >= 0.3 is 0 Å². The van der Waals surface area contributed by atoms with Gasteiger partial charge in [0.15, 0.2) is 5.76 Å². The van der Waals surface area contributed by atoms with Gasteiger partial charge in [-0.25, -0.2) is 0 Å². The zero-order valence-corrected chi connectivity index (χ0v) is 17.6. The normalized spacial score (nSPS) is 12.2. The van der Waals surface area contributed by atoms with E-state index in [4.69, 9.17) is 25.7 Å². The number of benzene rings is 3. The van der Waals surface area contributed by atoms with Crippen LogP contribution in [0.25, 0.3) is 33.4 Å². The fraction of sp³-hybridized carbons (Fsp3) is 0.0370. The molecule has 6 rings (SSSR count). The smallest absolute Gasteiger partial charge is 0.228 e. The molecule has 0 radical (unpaired) electrons. The molecule has 3 aromatic carbocycles. The fourth-order valence-electron chi connectivity index (χ4n) is 4.18.